The molecule has 0 unspecified atom stereocenters. The lowest BCUT2D eigenvalue weighted by Gasteiger charge is -2.12. The van der Waals surface area contributed by atoms with Crippen LogP contribution in [0.1, 0.15) is 200 Å². The van der Waals surface area contributed by atoms with Crippen molar-refractivity contribution in [1.82, 2.24) is 0 Å². The lowest BCUT2D eigenvalue weighted by molar-refractivity contribution is -0.152. The second-order valence-corrected chi connectivity index (χ2v) is 14.3. The molecule has 0 heterocycles. The predicted molar refractivity (Wildman–Crippen MR) is 216 cm³/mol. The lowest BCUT2D eigenvalue weighted by Crippen LogP contribution is -2.25. The number of carbonyl (C=O) groups excluding carboxylic acids is 2. The van der Waals surface area contributed by atoms with Gasteiger partial charge in [0.25, 0.3) is 0 Å². The van der Waals surface area contributed by atoms with Crippen LogP contribution >= 0.6 is 0 Å². The van der Waals surface area contributed by atoms with Crippen molar-refractivity contribution in [2.45, 2.75) is 212 Å². The van der Waals surface area contributed by atoms with Crippen LogP contribution in [0.4, 0.5) is 0 Å². The van der Waals surface area contributed by atoms with Gasteiger partial charge in [0.1, 0.15) is 19.3 Å². The van der Waals surface area contributed by atoms with Gasteiger partial charge in [-0.1, -0.05) is 191 Å². The van der Waals surface area contributed by atoms with Crippen LogP contribution < -0.4 is 0 Å². The molecule has 6 heteroatoms. The second kappa shape index (κ2) is 40.6. The zero-order valence-electron chi connectivity index (χ0n) is 33.2. The van der Waals surface area contributed by atoms with Crippen molar-refractivity contribution in [2.75, 3.05) is 13.2 Å². The fourth-order valence-corrected chi connectivity index (χ4v) is 5.86. The monoisotopic (exact) mass is 717 g/mol. The van der Waals surface area contributed by atoms with E-state index in [1.807, 2.05) is 12.2 Å². The molecule has 0 saturated carbocycles. The van der Waals surface area contributed by atoms with Crippen LogP contribution in [0.25, 0.3) is 0 Å². The number of aliphatic hydroxyl groups is 2. The van der Waals surface area contributed by atoms with E-state index in [2.05, 4.69) is 50.3 Å². The summed E-state index contributed by atoms with van der Waals surface area (Å²) < 4.78 is 10.3. The second-order valence-electron chi connectivity index (χ2n) is 14.3. The minimum Gasteiger partial charge on any atom is -0.463 e. The van der Waals surface area contributed by atoms with Crippen LogP contribution in [-0.4, -0.2) is 47.6 Å². The van der Waals surface area contributed by atoms with E-state index in [0.717, 1.165) is 64.2 Å². The molecule has 0 saturated heterocycles. The summed E-state index contributed by atoms with van der Waals surface area (Å²) in [4.78, 5) is 24.0. The predicted octanol–water partition coefficient (Wildman–Crippen LogP) is 12.4. The first-order valence-electron chi connectivity index (χ1n) is 21.3. The van der Waals surface area contributed by atoms with E-state index in [1.54, 1.807) is 0 Å². The number of hydrogen-bond donors (Lipinski definition) is 2. The summed E-state index contributed by atoms with van der Waals surface area (Å²) in [5.74, 6) is -0.646. The number of allylic oxidation sites excluding steroid dienone is 7. The van der Waals surface area contributed by atoms with E-state index in [1.165, 1.54) is 103 Å². The van der Waals surface area contributed by atoms with Gasteiger partial charge in [0.15, 0.2) is 0 Å². The normalized spacial score (nSPS) is 13.3. The minimum atomic E-state index is -0.996. The zero-order chi connectivity index (χ0) is 37.3. The molecule has 0 amide bonds. The fraction of sp³-hybridized carbons (Fsp3) is 0.778. The van der Waals surface area contributed by atoms with Crippen molar-refractivity contribution < 1.29 is 29.3 Å². The Hall–Kier alpha value is -2.18. The average molecular weight is 717 g/mol. The smallest absolute Gasteiger partial charge is 0.305 e. The molecule has 0 fully saturated rings. The number of rotatable bonds is 38. The number of esters is 2. The quantitative estimate of drug-likeness (QED) is 0.0375. The van der Waals surface area contributed by atoms with Gasteiger partial charge < -0.3 is 19.7 Å². The molecule has 51 heavy (non-hydrogen) atoms. The molecule has 0 aliphatic carbocycles. The van der Waals surface area contributed by atoms with Crippen molar-refractivity contribution >= 4 is 11.9 Å². The van der Waals surface area contributed by atoms with Gasteiger partial charge >= 0.3 is 11.9 Å². The van der Waals surface area contributed by atoms with Gasteiger partial charge in [-0.15, -0.1) is 0 Å². The topological polar surface area (TPSA) is 93.1 Å². The first-order valence-corrected chi connectivity index (χ1v) is 21.3. The third-order valence-electron chi connectivity index (χ3n) is 9.14. The summed E-state index contributed by atoms with van der Waals surface area (Å²) in [5.41, 5.74) is 0. The first-order chi connectivity index (χ1) is 25.0. The van der Waals surface area contributed by atoms with Crippen LogP contribution in [-0.2, 0) is 19.1 Å². The van der Waals surface area contributed by atoms with Crippen LogP contribution in [0.2, 0.25) is 0 Å². The van der Waals surface area contributed by atoms with E-state index in [9.17, 15) is 19.8 Å². The highest BCUT2D eigenvalue weighted by molar-refractivity contribution is 5.69. The molecule has 0 aliphatic rings. The number of carbonyl (C=O) groups is 2. The molecule has 0 bridgehead atoms. The maximum Gasteiger partial charge on any atom is 0.305 e. The molecular weight excluding hydrogens is 636 g/mol. The van der Waals surface area contributed by atoms with Crippen LogP contribution in [0, 0.1) is 0 Å². The van der Waals surface area contributed by atoms with E-state index in [-0.39, 0.29) is 31.3 Å². The van der Waals surface area contributed by atoms with Gasteiger partial charge in [0.2, 0.25) is 0 Å². The molecule has 0 aromatic rings. The Balaban J connectivity index is 3.52. The zero-order valence-corrected chi connectivity index (χ0v) is 33.2. The van der Waals surface area contributed by atoms with Gasteiger partial charge in [-0.2, -0.15) is 0 Å². The van der Waals surface area contributed by atoms with Crippen molar-refractivity contribution in [3.8, 4) is 0 Å². The Morgan fingerprint density at radius 2 is 0.843 bits per heavy atom. The SMILES string of the molecule is CCCCCCCCCCCCCCCCCCCCCC(=O)OC[C@H](O)COC(=O)CCC/C=C\C/C=C\C/C=C\C/C=C\[C@@H](O)CCCC. The molecule has 0 aromatic carbocycles. The van der Waals surface area contributed by atoms with Gasteiger partial charge in [-0.3, -0.25) is 9.59 Å². The van der Waals surface area contributed by atoms with E-state index >= 15 is 0 Å². The highest BCUT2D eigenvalue weighted by atomic mass is 16.6. The van der Waals surface area contributed by atoms with E-state index < -0.39 is 6.10 Å². The van der Waals surface area contributed by atoms with Gasteiger partial charge in [0.05, 0.1) is 6.10 Å². The van der Waals surface area contributed by atoms with Gasteiger partial charge in [-0.25, -0.2) is 0 Å². The summed E-state index contributed by atoms with van der Waals surface area (Å²) in [6.45, 7) is 4.11. The Bertz CT molecular complexity index is 876. The van der Waals surface area contributed by atoms with Crippen molar-refractivity contribution in [3.63, 3.8) is 0 Å². The molecule has 0 aliphatic heterocycles. The summed E-state index contributed by atoms with van der Waals surface area (Å²) in [6.07, 6.45) is 48.0. The standard InChI is InChI=1S/C45H80O6/c1-3-5-7-8-9-10-11-12-13-14-15-16-17-18-22-25-28-31-34-38-44(48)50-40-43(47)41-51-45(49)39-35-32-29-26-23-20-19-21-24-27-30-33-37-42(46)36-6-4-2/h19-20,24,26-27,29,33,37,42-43,46-47H,3-18,21-23,25,28,30-32,34-36,38-41H2,1-2H3/b20-19-,27-24-,29-26-,37-33-/t42-,43-/m0/s1. The third kappa shape index (κ3) is 40.4. The summed E-state index contributed by atoms with van der Waals surface area (Å²) >= 11 is 0. The fourth-order valence-electron chi connectivity index (χ4n) is 5.86. The summed E-state index contributed by atoms with van der Waals surface area (Å²) in [5, 5.41) is 19.8. The van der Waals surface area contributed by atoms with Gasteiger partial charge in [-0.05, 0) is 44.9 Å². The van der Waals surface area contributed by atoms with Crippen LogP contribution in [0.15, 0.2) is 48.6 Å². The molecule has 2 N–H and O–H groups in total. The Morgan fingerprint density at radius 1 is 0.471 bits per heavy atom. The Labute approximate surface area is 314 Å². The van der Waals surface area contributed by atoms with Crippen LogP contribution in [0.5, 0.6) is 0 Å². The lowest BCUT2D eigenvalue weighted by atomic mass is 10.0. The Morgan fingerprint density at radius 3 is 1.29 bits per heavy atom. The van der Waals surface area contributed by atoms with Crippen molar-refractivity contribution in [3.05, 3.63) is 48.6 Å². The molecule has 0 aromatic heterocycles. The van der Waals surface area contributed by atoms with Crippen molar-refractivity contribution in [2.24, 2.45) is 0 Å². The Kier molecular flexibility index (Phi) is 38.9. The minimum absolute atomic E-state index is 0.141. The average Bonchev–Trinajstić information content (AvgIpc) is 3.13. The highest BCUT2D eigenvalue weighted by Crippen LogP contribution is 2.15. The maximum absolute atomic E-state index is 12.0. The first kappa shape index (κ1) is 48.8. The third-order valence-corrected chi connectivity index (χ3v) is 9.14. The summed E-state index contributed by atoms with van der Waals surface area (Å²) in [7, 11) is 0. The molecule has 6 nitrogen and oxygen atoms in total. The number of aliphatic hydroxyl groups excluding tert-OH is 2. The van der Waals surface area contributed by atoms with Crippen molar-refractivity contribution in [1.29, 1.82) is 0 Å². The molecular formula is C45H80O6. The van der Waals surface area contributed by atoms with E-state index in [0.29, 0.717) is 19.3 Å². The van der Waals surface area contributed by atoms with Gasteiger partial charge in [0, 0.05) is 12.8 Å². The highest BCUT2D eigenvalue weighted by Gasteiger charge is 2.12. The molecule has 296 valence electrons. The largest absolute Gasteiger partial charge is 0.463 e. The molecule has 2 atom stereocenters. The van der Waals surface area contributed by atoms with Crippen LogP contribution in [0.3, 0.4) is 0 Å². The number of ether oxygens (including phenoxy) is 2. The number of hydrogen-bond acceptors (Lipinski definition) is 6. The molecule has 0 rings (SSSR count). The summed E-state index contributed by atoms with van der Waals surface area (Å²) in [6, 6.07) is 0. The maximum atomic E-state index is 12.0. The molecule has 0 radical (unpaired) electrons. The van der Waals surface area contributed by atoms with E-state index in [4.69, 9.17) is 9.47 Å². The molecule has 0 spiro atoms. The number of unbranched alkanes of at least 4 members (excludes halogenated alkanes) is 20.